The SMILES string of the molecule is COc1ccccc1C(NC(=O)CC1CCCN1)c1ccccc1Cl.Cl. The van der Waals surface area contributed by atoms with Gasteiger partial charge >= 0.3 is 0 Å². The smallest absolute Gasteiger partial charge is 0.222 e. The van der Waals surface area contributed by atoms with Crippen molar-refractivity contribution in [3.05, 3.63) is 64.7 Å². The molecule has 1 aliphatic rings. The molecule has 0 radical (unpaired) electrons. The topological polar surface area (TPSA) is 50.4 Å². The minimum atomic E-state index is -0.348. The number of amides is 1. The van der Waals surface area contributed by atoms with Crippen molar-refractivity contribution >= 4 is 29.9 Å². The first-order valence-electron chi connectivity index (χ1n) is 8.59. The maximum Gasteiger partial charge on any atom is 0.222 e. The zero-order valence-electron chi connectivity index (χ0n) is 14.7. The Kier molecular flexibility index (Phi) is 7.76. The third-order valence-electron chi connectivity index (χ3n) is 4.57. The molecule has 2 atom stereocenters. The predicted octanol–water partition coefficient (Wildman–Crippen LogP) is 4.12. The highest BCUT2D eigenvalue weighted by atomic mass is 35.5. The molecule has 1 fully saturated rings. The number of carbonyl (C=O) groups is 1. The first kappa shape index (κ1) is 20.6. The van der Waals surface area contributed by atoms with Gasteiger partial charge in [-0.1, -0.05) is 48.0 Å². The van der Waals surface area contributed by atoms with Gasteiger partial charge in [-0.25, -0.2) is 0 Å². The van der Waals surface area contributed by atoms with E-state index >= 15 is 0 Å². The van der Waals surface area contributed by atoms with Gasteiger partial charge in [0.2, 0.25) is 5.91 Å². The predicted molar refractivity (Wildman–Crippen MR) is 107 cm³/mol. The fourth-order valence-electron chi connectivity index (χ4n) is 3.31. The lowest BCUT2D eigenvalue weighted by Crippen LogP contribution is -2.34. The van der Waals surface area contributed by atoms with E-state index in [-0.39, 0.29) is 30.4 Å². The van der Waals surface area contributed by atoms with Crippen molar-refractivity contribution in [1.29, 1.82) is 0 Å². The van der Waals surface area contributed by atoms with Crippen molar-refractivity contribution < 1.29 is 9.53 Å². The largest absolute Gasteiger partial charge is 0.496 e. The molecule has 0 saturated carbocycles. The van der Waals surface area contributed by atoms with E-state index in [0.717, 1.165) is 36.3 Å². The van der Waals surface area contributed by atoms with Crippen molar-refractivity contribution in [3.63, 3.8) is 0 Å². The monoisotopic (exact) mass is 394 g/mol. The van der Waals surface area contributed by atoms with E-state index in [0.29, 0.717) is 11.4 Å². The lowest BCUT2D eigenvalue weighted by molar-refractivity contribution is -0.122. The van der Waals surface area contributed by atoms with E-state index in [1.54, 1.807) is 7.11 Å². The molecule has 26 heavy (non-hydrogen) atoms. The molecule has 3 rings (SSSR count). The minimum Gasteiger partial charge on any atom is -0.496 e. The molecule has 1 aliphatic heterocycles. The maximum absolute atomic E-state index is 12.6. The summed E-state index contributed by atoms with van der Waals surface area (Å²) in [6.45, 7) is 0.985. The highest BCUT2D eigenvalue weighted by Gasteiger charge is 2.24. The highest BCUT2D eigenvalue weighted by Crippen LogP contribution is 2.33. The quantitative estimate of drug-likeness (QED) is 0.774. The molecule has 0 aromatic heterocycles. The summed E-state index contributed by atoms with van der Waals surface area (Å²) in [5, 5.41) is 7.13. The molecule has 2 aromatic rings. The number of hydrogen-bond acceptors (Lipinski definition) is 3. The van der Waals surface area contributed by atoms with E-state index in [1.165, 1.54) is 0 Å². The fraction of sp³-hybridized carbons (Fsp3) is 0.350. The summed E-state index contributed by atoms with van der Waals surface area (Å²) in [5.74, 6) is 0.738. The third kappa shape index (κ3) is 4.91. The van der Waals surface area contributed by atoms with E-state index in [4.69, 9.17) is 16.3 Å². The Balaban J connectivity index is 0.00000243. The van der Waals surface area contributed by atoms with Crippen LogP contribution in [0.2, 0.25) is 5.02 Å². The Morgan fingerprint density at radius 3 is 2.58 bits per heavy atom. The molecule has 1 saturated heterocycles. The second kappa shape index (κ2) is 9.81. The molecular formula is C20H24Cl2N2O2. The van der Waals surface area contributed by atoms with Gasteiger partial charge in [-0.05, 0) is 37.1 Å². The Bertz CT molecular complexity index is 733. The zero-order valence-corrected chi connectivity index (χ0v) is 16.3. The summed E-state index contributed by atoms with van der Waals surface area (Å²) in [6, 6.07) is 15.2. The van der Waals surface area contributed by atoms with Crippen LogP contribution in [0.5, 0.6) is 5.75 Å². The number of benzene rings is 2. The standard InChI is InChI=1S/C20H23ClN2O2.ClH/c1-25-18-11-5-3-9-16(18)20(15-8-2-4-10-17(15)21)23-19(24)13-14-7-6-12-22-14;/h2-5,8-11,14,20,22H,6-7,12-13H2,1H3,(H,23,24);1H. The molecule has 2 aromatic carbocycles. The number of nitrogens with one attached hydrogen (secondary N) is 2. The molecule has 0 spiro atoms. The summed E-state index contributed by atoms with van der Waals surface area (Å²) in [4.78, 5) is 12.6. The fourth-order valence-corrected chi connectivity index (χ4v) is 3.56. The van der Waals surface area contributed by atoms with Crippen LogP contribution in [0, 0.1) is 0 Å². The molecular weight excluding hydrogens is 371 g/mol. The third-order valence-corrected chi connectivity index (χ3v) is 4.91. The van der Waals surface area contributed by atoms with Gasteiger partial charge in [0.1, 0.15) is 5.75 Å². The molecule has 1 heterocycles. The highest BCUT2D eigenvalue weighted by molar-refractivity contribution is 6.31. The molecule has 0 aliphatic carbocycles. The summed E-state index contributed by atoms with van der Waals surface area (Å²) >= 11 is 6.41. The molecule has 0 bridgehead atoms. The second-order valence-corrected chi connectivity index (χ2v) is 6.67. The molecule has 140 valence electrons. The lowest BCUT2D eigenvalue weighted by Gasteiger charge is -2.23. The molecule has 4 nitrogen and oxygen atoms in total. The average molecular weight is 395 g/mol. The number of hydrogen-bond donors (Lipinski definition) is 2. The minimum absolute atomic E-state index is 0. The number of methoxy groups -OCH3 is 1. The molecule has 1 amide bonds. The summed E-state index contributed by atoms with van der Waals surface area (Å²) in [7, 11) is 1.63. The lowest BCUT2D eigenvalue weighted by atomic mass is 9.97. The van der Waals surface area contributed by atoms with Gasteiger partial charge in [0.25, 0.3) is 0 Å². The van der Waals surface area contributed by atoms with Crippen molar-refractivity contribution in [2.45, 2.75) is 31.3 Å². The van der Waals surface area contributed by atoms with Crippen molar-refractivity contribution in [2.75, 3.05) is 13.7 Å². The first-order chi connectivity index (χ1) is 12.2. The molecule has 6 heteroatoms. The Labute approximate surface area is 165 Å². The number of ether oxygens (including phenoxy) is 1. The number of para-hydroxylation sites is 1. The van der Waals surface area contributed by atoms with Crippen LogP contribution in [0.4, 0.5) is 0 Å². The van der Waals surface area contributed by atoms with Crippen LogP contribution in [0.15, 0.2) is 48.5 Å². The van der Waals surface area contributed by atoms with Crippen LogP contribution < -0.4 is 15.4 Å². The number of halogens is 2. The van der Waals surface area contributed by atoms with E-state index in [2.05, 4.69) is 10.6 Å². The van der Waals surface area contributed by atoms with Crippen LogP contribution >= 0.6 is 24.0 Å². The van der Waals surface area contributed by atoms with Crippen LogP contribution in [-0.2, 0) is 4.79 Å². The maximum atomic E-state index is 12.6. The van der Waals surface area contributed by atoms with Gasteiger partial charge in [0.05, 0.1) is 13.2 Å². The Hall–Kier alpha value is -1.75. The number of carbonyl (C=O) groups excluding carboxylic acids is 1. The van der Waals surface area contributed by atoms with Crippen LogP contribution in [0.25, 0.3) is 0 Å². The summed E-state index contributed by atoms with van der Waals surface area (Å²) in [6.07, 6.45) is 2.63. The van der Waals surface area contributed by atoms with Gasteiger partial charge < -0.3 is 15.4 Å². The van der Waals surface area contributed by atoms with Gasteiger partial charge in [-0.15, -0.1) is 12.4 Å². The Morgan fingerprint density at radius 2 is 1.92 bits per heavy atom. The van der Waals surface area contributed by atoms with Gasteiger partial charge in [0, 0.05) is 23.0 Å². The van der Waals surface area contributed by atoms with Crippen LogP contribution in [0.1, 0.15) is 36.4 Å². The van der Waals surface area contributed by atoms with Gasteiger partial charge in [-0.3, -0.25) is 4.79 Å². The average Bonchev–Trinajstić information content (AvgIpc) is 3.13. The summed E-state index contributed by atoms with van der Waals surface area (Å²) in [5.41, 5.74) is 1.76. The molecule has 2 unspecified atom stereocenters. The molecule has 2 N–H and O–H groups in total. The van der Waals surface area contributed by atoms with E-state index in [9.17, 15) is 4.79 Å². The van der Waals surface area contributed by atoms with Crippen molar-refractivity contribution in [3.8, 4) is 5.75 Å². The normalized spacial score (nSPS) is 17.2. The van der Waals surface area contributed by atoms with Gasteiger partial charge in [0.15, 0.2) is 0 Å². The Morgan fingerprint density at radius 1 is 1.23 bits per heavy atom. The summed E-state index contributed by atoms with van der Waals surface area (Å²) < 4.78 is 5.50. The van der Waals surface area contributed by atoms with Crippen LogP contribution in [-0.4, -0.2) is 25.6 Å². The zero-order chi connectivity index (χ0) is 17.6. The van der Waals surface area contributed by atoms with Crippen LogP contribution in [0.3, 0.4) is 0 Å². The van der Waals surface area contributed by atoms with E-state index < -0.39 is 0 Å². The van der Waals surface area contributed by atoms with E-state index in [1.807, 2.05) is 48.5 Å². The van der Waals surface area contributed by atoms with Gasteiger partial charge in [-0.2, -0.15) is 0 Å². The van der Waals surface area contributed by atoms with Crippen molar-refractivity contribution in [1.82, 2.24) is 10.6 Å². The number of rotatable bonds is 6. The second-order valence-electron chi connectivity index (χ2n) is 6.26. The van der Waals surface area contributed by atoms with Crippen molar-refractivity contribution in [2.24, 2.45) is 0 Å². The first-order valence-corrected chi connectivity index (χ1v) is 8.97.